The number of ketones is 1. The third-order valence-corrected chi connectivity index (χ3v) is 5.20. The highest BCUT2D eigenvalue weighted by Gasteiger charge is 2.11. The molecule has 162 valence electrons. The van der Waals surface area contributed by atoms with Crippen molar-refractivity contribution in [2.45, 2.75) is 26.7 Å². The molecule has 0 radical (unpaired) electrons. The molecule has 6 heteroatoms. The van der Waals surface area contributed by atoms with Gasteiger partial charge in [-0.3, -0.25) is 14.2 Å². The van der Waals surface area contributed by atoms with Crippen LogP contribution in [0.1, 0.15) is 35.9 Å². The molecule has 0 bridgehead atoms. The van der Waals surface area contributed by atoms with E-state index >= 15 is 0 Å². The SMILES string of the molecule is CC(=O)c1ccc(OCCCC(=O)Nc2ccc3c(c2)nc(C)n3-c2ccccc2)cc1. The van der Waals surface area contributed by atoms with E-state index in [1.54, 1.807) is 24.3 Å². The number of hydrogen-bond acceptors (Lipinski definition) is 4. The zero-order valence-corrected chi connectivity index (χ0v) is 18.2. The summed E-state index contributed by atoms with van der Waals surface area (Å²) in [5, 5.41) is 2.94. The van der Waals surface area contributed by atoms with Crippen molar-refractivity contribution in [3.63, 3.8) is 0 Å². The van der Waals surface area contributed by atoms with Gasteiger partial charge in [-0.2, -0.15) is 0 Å². The zero-order valence-electron chi connectivity index (χ0n) is 18.2. The van der Waals surface area contributed by atoms with Gasteiger partial charge in [0.25, 0.3) is 0 Å². The molecule has 0 aliphatic heterocycles. The molecule has 4 rings (SSSR count). The molecule has 0 atom stereocenters. The number of aryl methyl sites for hydroxylation is 1. The number of nitrogens with zero attached hydrogens (tertiary/aromatic N) is 2. The molecule has 3 aromatic carbocycles. The summed E-state index contributed by atoms with van der Waals surface area (Å²) in [6, 6.07) is 22.9. The van der Waals surface area contributed by atoms with Crippen LogP contribution < -0.4 is 10.1 Å². The van der Waals surface area contributed by atoms with E-state index in [1.807, 2.05) is 55.5 Å². The van der Waals surface area contributed by atoms with E-state index in [2.05, 4.69) is 14.9 Å². The Bertz CT molecular complexity index is 1240. The number of rotatable bonds is 8. The fraction of sp³-hybridized carbons (Fsp3) is 0.192. The molecule has 1 aromatic heterocycles. The monoisotopic (exact) mass is 427 g/mol. The summed E-state index contributed by atoms with van der Waals surface area (Å²) in [7, 11) is 0. The Kier molecular flexibility index (Phi) is 6.31. The molecule has 0 saturated heterocycles. The van der Waals surface area contributed by atoms with Gasteiger partial charge in [-0.05, 0) is 74.9 Å². The van der Waals surface area contributed by atoms with Gasteiger partial charge in [-0.15, -0.1) is 0 Å². The molecule has 6 nitrogen and oxygen atoms in total. The second kappa shape index (κ2) is 9.47. The molecule has 0 aliphatic carbocycles. The summed E-state index contributed by atoms with van der Waals surface area (Å²) in [5.41, 5.74) is 4.26. The fourth-order valence-electron chi connectivity index (χ4n) is 3.61. The Labute approximate surface area is 186 Å². The van der Waals surface area contributed by atoms with Gasteiger partial charge in [-0.1, -0.05) is 18.2 Å². The third-order valence-electron chi connectivity index (χ3n) is 5.20. The van der Waals surface area contributed by atoms with Crippen LogP contribution in [-0.2, 0) is 4.79 Å². The number of carbonyl (C=O) groups excluding carboxylic acids is 2. The number of imidazole rings is 1. The third kappa shape index (κ3) is 4.86. The summed E-state index contributed by atoms with van der Waals surface area (Å²) >= 11 is 0. The molecule has 0 spiro atoms. The van der Waals surface area contributed by atoms with Crippen molar-refractivity contribution in [3.8, 4) is 11.4 Å². The average molecular weight is 428 g/mol. The summed E-state index contributed by atoms with van der Waals surface area (Å²) in [4.78, 5) is 28.3. The van der Waals surface area contributed by atoms with Gasteiger partial charge >= 0.3 is 0 Å². The fourth-order valence-corrected chi connectivity index (χ4v) is 3.61. The molecule has 1 amide bonds. The first kappa shape index (κ1) is 21.3. The van der Waals surface area contributed by atoms with Crippen LogP contribution >= 0.6 is 0 Å². The first-order valence-electron chi connectivity index (χ1n) is 10.6. The second-order valence-electron chi connectivity index (χ2n) is 7.61. The quantitative estimate of drug-likeness (QED) is 0.305. The molecule has 0 saturated carbocycles. The van der Waals surface area contributed by atoms with Crippen molar-refractivity contribution in [3.05, 3.63) is 84.2 Å². The normalized spacial score (nSPS) is 10.8. The van der Waals surface area contributed by atoms with Crippen molar-refractivity contribution in [1.82, 2.24) is 9.55 Å². The van der Waals surface area contributed by atoms with Crippen LogP contribution in [0.15, 0.2) is 72.8 Å². The zero-order chi connectivity index (χ0) is 22.5. The molecule has 1 N–H and O–H groups in total. The van der Waals surface area contributed by atoms with Crippen LogP contribution in [0.25, 0.3) is 16.7 Å². The van der Waals surface area contributed by atoms with Gasteiger partial charge in [0.15, 0.2) is 5.78 Å². The van der Waals surface area contributed by atoms with Crippen LogP contribution in [-0.4, -0.2) is 27.8 Å². The number of Topliss-reactive ketones (excluding diaryl/α,β-unsaturated/α-hetero) is 1. The first-order chi connectivity index (χ1) is 15.5. The number of anilines is 1. The maximum Gasteiger partial charge on any atom is 0.224 e. The molecule has 0 aliphatic rings. The van der Waals surface area contributed by atoms with Crippen molar-refractivity contribution in [1.29, 1.82) is 0 Å². The number of ether oxygens (including phenoxy) is 1. The first-order valence-corrected chi connectivity index (χ1v) is 10.6. The molecule has 1 heterocycles. The number of amides is 1. The van der Waals surface area contributed by atoms with E-state index in [4.69, 9.17) is 4.74 Å². The number of aromatic nitrogens is 2. The van der Waals surface area contributed by atoms with Gasteiger partial charge in [0.2, 0.25) is 5.91 Å². The number of fused-ring (bicyclic) bond motifs is 1. The predicted octanol–water partition coefficient (Wildman–Crippen LogP) is 5.33. The minimum absolute atomic E-state index is 0.0217. The standard InChI is InChI=1S/C26H25N3O3/c1-18(30)20-10-13-23(14-11-20)32-16-6-9-26(31)28-21-12-15-25-24(17-21)27-19(2)29(25)22-7-4-3-5-8-22/h3-5,7-8,10-15,17H,6,9,16H2,1-2H3,(H,28,31). The average Bonchev–Trinajstić information content (AvgIpc) is 3.12. The smallest absolute Gasteiger partial charge is 0.224 e. The lowest BCUT2D eigenvalue weighted by molar-refractivity contribution is -0.116. The Morgan fingerprint density at radius 3 is 2.47 bits per heavy atom. The van der Waals surface area contributed by atoms with Gasteiger partial charge < -0.3 is 10.1 Å². The summed E-state index contributed by atoms with van der Waals surface area (Å²) in [6.07, 6.45) is 0.936. The van der Waals surface area contributed by atoms with Crippen LogP contribution in [0.2, 0.25) is 0 Å². The Morgan fingerprint density at radius 1 is 1.00 bits per heavy atom. The topological polar surface area (TPSA) is 73.2 Å². The van der Waals surface area contributed by atoms with Gasteiger partial charge in [0.05, 0.1) is 17.6 Å². The van der Waals surface area contributed by atoms with Crippen molar-refractivity contribution in [2.24, 2.45) is 0 Å². The Hall–Kier alpha value is -3.93. The Balaban J connectivity index is 1.32. The molecule has 4 aromatic rings. The largest absolute Gasteiger partial charge is 0.494 e. The lowest BCUT2D eigenvalue weighted by Crippen LogP contribution is -2.12. The maximum atomic E-state index is 12.3. The van der Waals surface area contributed by atoms with Gasteiger partial charge in [0.1, 0.15) is 11.6 Å². The number of benzene rings is 3. The maximum absolute atomic E-state index is 12.3. The molecule has 0 fully saturated rings. The van der Waals surface area contributed by atoms with Crippen molar-refractivity contribution >= 4 is 28.4 Å². The predicted molar refractivity (Wildman–Crippen MR) is 126 cm³/mol. The van der Waals surface area contributed by atoms with Crippen LogP contribution in [0.5, 0.6) is 5.75 Å². The van der Waals surface area contributed by atoms with E-state index in [0.717, 1.165) is 28.2 Å². The molecule has 0 unspecified atom stereocenters. The van der Waals surface area contributed by atoms with E-state index in [1.165, 1.54) is 6.92 Å². The van der Waals surface area contributed by atoms with E-state index in [-0.39, 0.29) is 11.7 Å². The van der Waals surface area contributed by atoms with Crippen molar-refractivity contribution in [2.75, 3.05) is 11.9 Å². The van der Waals surface area contributed by atoms with E-state index < -0.39 is 0 Å². The highest BCUT2D eigenvalue weighted by Crippen LogP contribution is 2.24. The van der Waals surface area contributed by atoms with Gasteiger partial charge in [-0.25, -0.2) is 4.98 Å². The lowest BCUT2D eigenvalue weighted by atomic mass is 10.1. The second-order valence-corrected chi connectivity index (χ2v) is 7.61. The number of para-hydroxylation sites is 1. The highest BCUT2D eigenvalue weighted by atomic mass is 16.5. The van der Waals surface area contributed by atoms with Crippen molar-refractivity contribution < 1.29 is 14.3 Å². The summed E-state index contributed by atoms with van der Waals surface area (Å²) in [5.74, 6) is 1.53. The van der Waals surface area contributed by atoms with E-state index in [0.29, 0.717) is 30.8 Å². The van der Waals surface area contributed by atoms with Crippen LogP contribution in [0.3, 0.4) is 0 Å². The number of nitrogens with one attached hydrogen (secondary N) is 1. The van der Waals surface area contributed by atoms with Gasteiger partial charge in [0, 0.05) is 23.4 Å². The molecular weight excluding hydrogens is 402 g/mol. The molecular formula is C26H25N3O3. The lowest BCUT2D eigenvalue weighted by Gasteiger charge is -2.09. The van der Waals surface area contributed by atoms with Crippen LogP contribution in [0, 0.1) is 6.92 Å². The molecule has 32 heavy (non-hydrogen) atoms. The van der Waals surface area contributed by atoms with Crippen LogP contribution in [0.4, 0.5) is 5.69 Å². The summed E-state index contributed by atoms with van der Waals surface area (Å²) < 4.78 is 7.75. The van der Waals surface area contributed by atoms with E-state index in [9.17, 15) is 9.59 Å². The number of hydrogen-bond donors (Lipinski definition) is 1. The highest BCUT2D eigenvalue weighted by molar-refractivity contribution is 5.94. The Morgan fingerprint density at radius 2 is 1.75 bits per heavy atom. The number of carbonyl (C=O) groups is 2. The minimum atomic E-state index is -0.0703. The summed E-state index contributed by atoms with van der Waals surface area (Å²) in [6.45, 7) is 3.92. The minimum Gasteiger partial charge on any atom is -0.494 e.